The van der Waals surface area contributed by atoms with Crippen LogP contribution in [-0.4, -0.2) is 77.6 Å². The van der Waals surface area contributed by atoms with Crippen LogP contribution in [0.15, 0.2) is 78.9 Å². The van der Waals surface area contributed by atoms with Crippen LogP contribution in [-0.2, 0) is 38.6 Å². The second kappa shape index (κ2) is 20.3. The zero-order valence-electron chi connectivity index (χ0n) is 30.4. The maximum Gasteiger partial charge on any atom is 0.328 e. The molecule has 2 heterocycles. The van der Waals surface area contributed by atoms with Gasteiger partial charge in [0.25, 0.3) is 16.1 Å². The maximum absolute atomic E-state index is 14.1. The van der Waals surface area contributed by atoms with Crippen molar-refractivity contribution >= 4 is 23.5 Å². The van der Waals surface area contributed by atoms with E-state index in [1.165, 1.54) is 0 Å². The van der Waals surface area contributed by atoms with E-state index in [0.29, 0.717) is 18.1 Å². The molecule has 5 rings (SSSR count). The van der Waals surface area contributed by atoms with Crippen LogP contribution in [0.5, 0.6) is 0 Å². The minimum atomic E-state index is -1.18. The number of carbonyl (C=O) groups excluding carboxylic acids is 2. The van der Waals surface area contributed by atoms with Gasteiger partial charge in [0.05, 0.1) is 6.61 Å². The maximum atomic E-state index is 14.1. The van der Waals surface area contributed by atoms with Crippen LogP contribution in [0.2, 0.25) is 5.15 Å². The predicted molar refractivity (Wildman–Crippen MR) is 201 cm³/mol. The Morgan fingerprint density at radius 2 is 1.66 bits per heavy atom. The van der Waals surface area contributed by atoms with Gasteiger partial charge >= 0.3 is 5.97 Å². The number of aromatic nitrogens is 6. The number of hydrogen-bond acceptors (Lipinski definition) is 13. The first-order valence-corrected chi connectivity index (χ1v) is 18.3. The summed E-state index contributed by atoms with van der Waals surface area (Å²) in [5, 5.41) is 36.4. The fraction of sp³-hybridized carbons (Fsp3) is 0.351. The van der Waals surface area contributed by atoms with Gasteiger partial charge in [0.15, 0.2) is 5.15 Å². The van der Waals surface area contributed by atoms with E-state index in [4.69, 9.17) is 16.3 Å². The number of ether oxygens (including phenoxy) is 1. The highest BCUT2D eigenvalue weighted by Gasteiger charge is 2.28. The molecule has 5 aromatic rings. The molecule has 18 nitrogen and oxygen atoms in total. The summed E-state index contributed by atoms with van der Waals surface area (Å²) in [5.41, 5.74) is 4.41. The number of unbranched alkanes of at least 4 members (excludes halogenated alkanes) is 2. The summed E-state index contributed by atoms with van der Waals surface area (Å²) in [6, 6.07) is 23.6. The van der Waals surface area contributed by atoms with Crippen LogP contribution in [0.4, 0.5) is 0 Å². The Kier molecular flexibility index (Phi) is 14.8. The Labute approximate surface area is 325 Å². The molecule has 0 bridgehead atoms. The molecule has 3 aromatic carbocycles. The van der Waals surface area contributed by atoms with Gasteiger partial charge < -0.3 is 24.3 Å². The number of H-pyrrole nitrogens is 1. The van der Waals surface area contributed by atoms with Crippen molar-refractivity contribution in [2.45, 2.75) is 70.6 Å². The number of aryl methyl sites for hydroxylation is 1. The summed E-state index contributed by atoms with van der Waals surface area (Å²) in [6.07, 6.45) is 1.77. The van der Waals surface area contributed by atoms with Gasteiger partial charge in [-0.15, -0.1) is 30.4 Å². The molecule has 0 aliphatic carbocycles. The molecule has 2 aromatic heterocycles. The van der Waals surface area contributed by atoms with Crippen molar-refractivity contribution in [1.82, 2.24) is 35.5 Å². The highest BCUT2D eigenvalue weighted by atomic mass is 35.5. The molecule has 0 saturated heterocycles. The Bertz CT molecular complexity index is 2060. The van der Waals surface area contributed by atoms with E-state index in [2.05, 4.69) is 47.5 Å². The lowest BCUT2D eigenvalue weighted by Gasteiger charge is -2.19. The van der Waals surface area contributed by atoms with Gasteiger partial charge in [-0.25, -0.2) is 9.78 Å². The lowest BCUT2D eigenvalue weighted by molar-refractivity contribution is -0.790. The third kappa shape index (κ3) is 11.5. The second-order valence-electron chi connectivity index (χ2n) is 12.7. The van der Waals surface area contributed by atoms with Crippen molar-refractivity contribution in [3.05, 3.63) is 127 Å². The smallest absolute Gasteiger partial charge is 0.328 e. The normalized spacial score (nSPS) is 12.0. The number of carbonyl (C=O) groups is 2. The highest BCUT2D eigenvalue weighted by Crippen LogP contribution is 2.30. The van der Waals surface area contributed by atoms with E-state index in [9.17, 15) is 29.8 Å². The van der Waals surface area contributed by atoms with Crippen LogP contribution in [0, 0.1) is 20.2 Å². The monoisotopic (exact) mass is 789 g/mol. The van der Waals surface area contributed by atoms with Crippen LogP contribution >= 0.6 is 11.6 Å². The number of aromatic amines is 1. The molecule has 0 radical (unpaired) electrons. The lowest BCUT2D eigenvalue weighted by Crippen LogP contribution is -2.44. The van der Waals surface area contributed by atoms with E-state index in [-0.39, 0.29) is 49.7 Å². The quantitative estimate of drug-likeness (QED) is 0.0376. The van der Waals surface area contributed by atoms with Crippen LogP contribution in [0.1, 0.15) is 66.5 Å². The molecule has 0 aliphatic heterocycles. The number of hydrogen-bond donors (Lipinski definition) is 2. The number of rotatable bonds is 22. The number of nitrogens with zero attached hydrogens (tertiary/aromatic N) is 7. The minimum Gasteiger partial charge on any atom is -0.464 e. The second-order valence-corrected chi connectivity index (χ2v) is 13.0. The molecule has 0 fully saturated rings. The third-order valence-electron chi connectivity index (χ3n) is 8.73. The van der Waals surface area contributed by atoms with Gasteiger partial charge in [0.2, 0.25) is 5.82 Å². The standard InChI is InChI=1S/C37H40ClN9O9/c1-2-3-16-32-40-34(38)33(45(32)23-26-17-19-27(20-18-26)29-14-7-8-15-30(29)35-41-43-44-42-35)36(48)39-31(22-25-11-5-4-6-12-25)37(49)54-21-10-9-13-28(56-47(52)53)24-55-46(50)51/h4-8,11-12,14-15,17-20,28,31H,2-3,9-10,13,16,21-24H2,1H3,(H,39,48)(H,41,42,43,44)/t28-,31?/m1/s1. The van der Waals surface area contributed by atoms with Gasteiger partial charge in [0, 0.05) is 24.9 Å². The first-order valence-electron chi connectivity index (χ1n) is 17.9. The van der Waals surface area contributed by atoms with Crippen LogP contribution in [0.3, 0.4) is 0 Å². The zero-order chi connectivity index (χ0) is 39.9. The van der Waals surface area contributed by atoms with Gasteiger partial charge in [0.1, 0.15) is 30.3 Å². The molecule has 2 N–H and O–H groups in total. The SMILES string of the molecule is CCCCc1nc(Cl)c(C(=O)NC(Cc2ccccc2)C(=O)OCCCC[C@H](CO[N+](=O)[O-])O[N+](=O)[O-])n1Cc1ccc(-c2ccccc2-c2nn[nH]n2)cc1. The number of halogens is 1. The summed E-state index contributed by atoms with van der Waals surface area (Å²) in [4.78, 5) is 62.1. The first kappa shape index (κ1) is 40.7. The fourth-order valence-corrected chi connectivity index (χ4v) is 6.29. The Morgan fingerprint density at radius 1 is 0.929 bits per heavy atom. The van der Waals surface area contributed by atoms with Gasteiger partial charge in [-0.3, -0.25) is 4.79 Å². The van der Waals surface area contributed by atoms with Gasteiger partial charge in [-0.05, 0) is 53.2 Å². The fourth-order valence-electron chi connectivity index (χ4n) is 6.01. The molecule has 294 valence electrons. The Balaban J connectivity index is 1.31. The number of tetrazole rings is 1. The molecular weight excluding hydrogens is 750 g/mol. The number of esters is 1. The van der Waals surface area contributed by atoms with Crippen molar-refractivity contribution in [2.75, 3.05) is 13.2 Å². The number of nitrogens with one attached hydrogen (secondary N) is 2. The molecule has 1 unspecified atom stereocenters. The topological polar surface area (TPSA) is 232 Å². The first-order chi connectivity index (χ1) is 27.1. The van der Waals surface area contributed by atoms with Crippen molar-refractivity contribution in [3.63, 3.8) is 0 Å². The molecular formula is C37H40ClN9O9. The average Bonchev–Trinajstić information content (AvgIpc) is 3.84. The summed E-state index contributed by atoms with van der Waals surface area (Å²) in [5.74, 6) is -0.222. The predicted octanol–water partition coefficient (Wildman–Crippen LogP) is 5.61. The van der Waals surface area contributed by atoms with E-state index < -0.39 is 40.8 Å². The number of imidazole rings is 1. The molecule has 2 atom stereocenters. The number of amides is 1. The molecule has 0 saturated carbocycles. The summed E-state index contributed by atoms with van der Waals surface area (Å²) in [6.45, 7) is 1.62. The van der Waals surface area contributed by atoms with E-state index in [1.807, 2.05) is 78.9 Å². The summed E-state index contributed by atoms with van der Waals surface area (Å²) < 4.78 is 7.30. The van der Waals surface area contributed by atoms with Crippen molar-refractivity contribution in [3.8, 4) is 22.5 Å². The van der Waals surface area contributed by atoms with E-state index >= 15 is 0 Å². The number of benzene rings is 3. The molecule has 1 amide bonds. The van der Waals surface area contributed by atoms with E-state index in [0.717, 1.165) is 40.7 Å². The van der Waals surface area contributed by atoms with Gasteiger partial charge in [-0.1, -0.05) is 104 Å². The molecule has 56 heavy (non-hydrogen) atoms. The van der Waals surface area contributed by atoms with Gasteiger partial charge in [-0.2, -0.15) is 5.21 Å². The Morgan fingerprint density at radius 3 is 2.34 bits per heavy atom. The van der Waals surface area contributed by atoms with Crippen molar-refractivity contribution in [2.24, 2.45) is 0 Å². The Hall–Kier alpha value is -6.43. The van der Waals surface area contributed by atoms with Crippen molar-refractivity contribution < 1.29 is 34.2 Å². The van der Waals surface area contributed by atoms with E-state index in [1.54, 1.807) is 4.57 Å². The minimum absolute atomic E-state index is 0.00125. The molecule has 0 aliphatic rings. The zero-order valence-corrected chi connectivity index (χ0v) is 31.2. The van der Waals surface area contributed by atoms with Crippen LogP contribution in [0.25, 0.3) is 22.5 Å². The van der Waals surface area contributed by atoms with Crippen molar-refractivity contribution in [1.29, 1.82) is 0 Å². The van der Waals surface area contributed by atoms with Crippen LogP contribution < -0.4 is 5.32 Å². The largest absolute Gasteiger partial charge is 0.464 e. The third-order valence-corrected chi connectivity index (χ3v) is 8.99. The lowest BCUT2D eigenvalue weighted by atomic mass is 9.98. The average molecular weight is 790 g/mol. The summed E-state index contributed by atoms with van der Waals surface area (Å²) >= 11 is 6.67. The summed E-state index contributed by atoms with van der Waals surface area (Å²) in [7, 11) is 0. The molecule has 0 spiro atoms. The highest BCUT2D eigenvalue weighted by molar-refractivity contribution is 6.32. The molecule has 19 heteroatoms.